The third-order valence-electron chi connectivity index (χ3n) is 2.42. The Hall–Kier alpha value is -0.570. The highest BCUT2D eigenvalue weighted by molar-refractivity contribution is 5.76. The second kappa shape index (κ2) is 8.72. The van der Waals surface area contributed by atoms with Gasteiger partial charge in [0, 0.05) is 18.5 Å². The molecule has 0 aromatic heterocycles. The lowest BCUT2D eigenvalue weighted by Gasteiger charge is -2.18. The average Bonchev–Trinajstić information content (AvgIpc) is 2.13. The zero-order valence-corrected chi connectivity index (χ0v) is 10.4. The van der Waals surface area contributed by atoms with Gasteiger partial charge in [-0.05, 0) is 19.8 Å². The topological polar surface area (TPSA) is 55.1 Å². The smallest absolute Gasteiger partial charge is 0.221 e. The van der Waals surface area contributed by atoms with E-state index in [4.69, 9.17) is 5.73 Å². The summed E-state index contributed by atoms with van der Waals surface area (Å²) >= 11 is 0. The van der Waals surface area contributed by atoms with Crippen molar-refractivity contribution in [3.05, 3.63) is 0 Å². The van der Waals surface area contributed by atoms with Crippen molar-refractivity contribution in [3.63, 3.8) is 0 Å². The van der Waals surface area contributed by atoms with E-state index in [-0.39, 0.29) is 11.9 Å². The molecule has 15 heavy (non-hydrogen) atoms. The van der Waals surface area contributed by atoms with E-state index in [1.54, 1.807) is 0 Å². The number of rotatable bonds is 8. The third kappa shape index (κ3) is 8.43. The fourth-order valence-corrected chi connectivity index (χ4v) is 1.67. The van der Waals surface area contributed by atoms with Gasteiger partial charge in [-0.15, -0.1) is 0 Å². The summed E-state index contributed by atoms with van der Waals surface area (Å²) in [5.74, 6) is 0.0968. The number of amides is 1. The second-order valence-corrected chi connectivity index (χ2v) is 4.38. The predicted molar refractivity (Wildman–Crippen MR) is 64.6 cm³/mol. The van der Waals surface area contributed by atoms with E-state index in [9.17, 15) is 4.79 Å². The molecule has 0 spiro atoms. The van der Waals surface area contributed by atoms with Crippen LogP contribution in [0, 0.1) is 0 Å². The van der Waals surface area contributed by atoms with E-state index in [0.29, 0.717) is 12.5 Å². The van der Waals surface area contributed by atoms with Crippen LogP contribution < -0.4 is 11.1 Å². The summed E-state index contributed by atoms with van der Waals surface area (Å²) in [4.78, 5) is 11.5. The van der Waals surface area contributed by atoms with Crippen LogP contribution in [0.5, 0.6) is 0 Å². The Bertz CT molecular complexity index is 169. The van der Waals surface area contributed by atoms with Crippen molar-refractivity contribution in [1.29, 1.82) is 0 Å². The van der Waals surface area contributed by atoms with Gasteiger partial charge in [-0.3, -0.25) is 4.79 Å². The van der Waals surface area contributed by atoms with Crippen LogP contribution in [0.15, 0.2) is 0 Å². The van der Waals surface area contributed by atoms with E-state index in [1.807, 2.05) is 6.92 Å². The Kier molecular flexibility index (Phi) is 8.38. The van der Waals surface area contributed by atoms with E-state index in [2.05, 4.69) is 19.2 Å². The molecule has 0 fully saturated rings. The monoisotopic (exact) mass is 214 g/mol. The summed E-state index contributed by atoms with van der Waals surface area (Å²) in [6.07, 6.45) is 6.09. The molecular formula is C12H26N2O. The molecule has 0 bridgehead atoms. The van der Waals surface area contributed by atoms with Crippen LogP contribution in [-0.4, -0.2) is 18.0 Å². The van der Waals surface area contributed by atoms with Crippen LogP contribution in [0.4, 0.5) is 0 Å². The first-order valence-electron chi connectivity index (χ1n) is 6.15. The molecule has 3 heteroatoms. The lowest BCUT2D eigenvalue weighted by Crippen LogP contribution is -2.37. The van der Waals surface area contributed by atoms with Crippen molar-refractivity contribution in [2.75, 3.05) is 0 Å². The number of unbranched alkanes of at least 4 members (excludes halogenated alkanes) is 1. The van der Waals surface area contributed by atoms with Gasteiger partial charge in [-0.2, -0.15) is 0 Å². The van der Waals surface area contributed by atoms with Crippen LogP contribution in [0.3, 0.4) is 0 Å². The summed E-state index contributed by atoms with van der Waals surface area (Å²) in [5.41, 5.74) is 5.58. The van der Waals surface area contributed by atoms with Crippen molar-refractivity contribution < 1.29 is 4.79 Å². The number of nitrogens with two attached hydrogens (primary N) is 1. The molecule has 0 aliphatic carbocycles. The standard InChI is InChI=1S/C12H26N2O/c1-4-6-8-11(7-5-2)14-12(15)9-10(3)13/h10-11H,4-9,13H2,1-3H3,(H,14,15). The normalized spacial score (nSPS) is 14.7. The first-order chi connectivity index (χ1) is 7.10. The molecule has 0 aliphatic rings. The fraction of sp³-hybridized carbons (Fsp3) is 0.917. The number of carbonyl (C=O) groups is 1. The highest BCUT2D eigenvalue weighted by Crippen LogP contribution is 2.07. The van der Waals surface area contributed by atoms with Gasteiger partial charge < -0.3 is 11.1 Å². The molecule has 3 N–H and O–H groups in total. The van der Waals surface area contributed by atoms with E-state index < -0.39 is 0 Å². The molecule has 0 saturated heterocycles. The fourth-order valence-electron chi connectivity index (χ4n) is 1.67. The highest BCUT2D eigenvalue weighted by Gasteiger charge is 2.11. The molecule has 0 radical (unpaired) electrons. The van der Waals surface area contributed by atoms with Crippen molar-refractivity contribution >= 4 is 5.91 Å². The van der Waals surface area contributed by atoms with E-state index in [0.717, 1.165) is 19.3 Å². The first-order valence-corrected chi connectivity index (χ1v) is 6.15. The van der Waals surface area contributed by atoms with Crippen LogP contribution >= 0.6 is 0 Å². The Morgan fingerprint density at radius 1 is 1.27 bits per heavy atom. The summed E-state index contributed by atoms with van der Waals surface area (Å²) in [6, 6.07) is 0.305. The molecule has 2 unspecified atom stereocenters. The predicted octanol–water partition coefficient (Wildman–Crippen LogP) is 2.20. The first kappa shape index (κ1) is 14.4. The van der Waals surface area contributed by atoms with E-state index in [1.165, 1.54) is 12.8 Å². The van der Waals surface area contributed by atoms with Gasteiger partial charge in [-0.1, -0.05) is 33.1 Å². The lowest BCUT2D eigenvalue weighted by molar-refractivity contribution is -0.122. The van der Waals surface area contributed by atoms with Crippen molar-refractivity contribution in [1.82, 2.24) is 5.32 Å². The van der Waals surface area contributed by atoms with Gasteiger partial charge in [0.25, 0.3) is 0 Å². The molecule has 0 saturated carbocycles. The van der Waals surface area contributed by atoms with Crippen LogP contribution in [0.25, 0.3) is 0 Å². The zero-order chi connectivity index (χ0) is 11.7. The molecule has 0 heterocycles. The quantitative estimate of drug-likeness (QED) is 0.651. The maximum absolute atomic E-state index is 11.5. The van der Waals surface area contributed by atoms with Gasteiger partial charge in [0.05, 0.1) is 0 Å². The average molecular weight is 214 g/mol. The molecule has 0 rings (SSSR count). The summed E-state index contributed by atoms with van der Waals surface area (Å²) in [7, 11) is 0. The highest BCUT2D eigenvalue weighted by atomic mass is 16.1. The minimum atomic E-state index is -0.0431. The van der Waals surface area contributed by atoms with Crippen LogP contribution in [0.2, 0.25) is 0 Å². The number of nitrogens with one attached hydrogen (secondary N) is 1. The van der Waals surface area contributed by atoms with Crippen LogP contribution in [-0.2, 0) is 4.79 Å². The van der Waals surface area contributed by atoms with Crippen molar-refractivity contribution in [2.24, 2.45) is 5.73 Å². The summed E-state index contributed by atoms with van der Waals surface area (Å²) in [5, 5.41) is 3.07. The van der Waals surface area contributed by atoms with Gasteiger partial charge in [0.2, 0.25) is 5.91 Å². The maximum atomic E-state index is 11.5. The number of hydrogen-bond donors (Lipinski definition) is 2. The minimum Gasteiger partial charge on any atom is -0.353 e. The molecule has 0 aromatic rings. The van der Waals surface area contributed by atoms with Gasteiger partial charge in [0.1, 0.15) is 0 Å². The van der Waals surface area contributed by atoms with Crippen molar-refractivity contribution in [2.45, 2.75) is 71.4 Å². The van der Waals surface area contributed by atoms with Gasteiger partial charge in [0.15, 0.2) is 0 Å². The molecule has 3 nitrogen and oxygen atoms in total. The Morgan fingerprint density at radius 3 is 2.40 bits per heavy atom. The SMILES string of the molecule is CCCCC(CCC)NC(=O)CC(C)N. The Balaban J connectivity index is 3.86. The molecule has 90 valence electrons. The summed E-state index contributed by atoms with van der Waals surface area (Å²) < 4.78 is 0. The largest absolute Gasteiger partial charge is 0.353 e. The Morgan fingerprint density at radius 2 is 1.93 bits per heavy atom. The number of hydrogen-bond acceptors (Lipinski definition) is 2. The second-order valence-electron chi connectivity index (χ2n) is 4.38. The summed E-state index contributed by atoms with van der Waals surface area (Å²) in [6.45, 7) is 6.18. The van der Waals surface area contributed by atoms with Gasteiger partial charge >= 0.3 is 0 Å². The van der Waals surface area contributed by atoms with E-state index >= 15 is 0 Å². The maximum Gasteiger partial charge on any atom is 0.221 e. The minimum absolute atomic E-state index is 0.0431. The lowest BCUT2D eigenvalue weighted by atomic mass is 10.0. The van der Waals surface area contributed by atoms with Crippen molar-refractivity contribution in [3.8, 4) is 0 Å². The van der Waals surface area contributed by atoms with Gasteiger partial charge in [-0.25, -0.2) is 0 Å². The Labute approximate surface area is 93.8 Å². The molecular weight excluding hydrogens is 188 g/mol. The molecule has 2 atom stereocenters. The molecule has 0 aromatic carbocycles. The molecule has 1 amide bonds. The molecule has 0 aliphatic heterocycles. The van der Waals surface area contributed by atoms with Crippen LogP contribution in [0.1, 0.15) is 59.3 Å². The third-order valence-corrected chi connectivity index (χ3v) is 2.42. The number of carbonyl (C=O) groups excluding carboxylic acids is 1. The zero-order valence-electron chi connectivity index (χ0n) is 10.4.